The molecular weight excluding hydrogens is 202 g/mol. The van der Waals surface area contributed by atoms with E-state index in [-0.39, 0.29) is 25.4 Å². The molecule has 0 unspecified atom stereocenters. The third-order valence-corrected chi connectivity index (χ3v) is 2.27. The van der Waals surface area contributed by atoms with E-state index in [1.165, 1.54) is 5.56 Å². The number of rotatable bonds is 5. The first-order chi connectivity index (χ1) is 7.76. The van der Waals surface area contributed by atoms with Crippen LogP contribution in [0.25, 0.3) is 0 Å². The van der Waals surface area contributed by atoms with Gasteiger partial charge in [0, 0.05) is 6.42 Å². The van der Waals surface area contributed by atoms with Gasteiger partial charge < -0.3 is 4.74 Å². The molecule has 16 heavy (non-hydrogen) atoms. The van der Waals surface area contributed by atoms with E-state index in [0.29, 0.717) is 0 Å². The lowest BCUT2D eigenvalue weighted by Gasteiger charge is -2.04. The fourth-order valence-electron chi connectivity index (χ4n) is 1.27. The summed E-state index contributed by atoms with van der Waals surface area (Å²) in [6.07, 6.45) is 1.39. The number of carbonyl (C=O) groups is 1. The summed E-state index contributed by atoms with van der Waals surface area (Å²) in [5, 5.41) is 8.30. The zero-order chi connectivity index (χ0) is 11.8. The van der Waals surface area contributed by atoms with Crippen LogP contribution in [0.4, 0.5) is 0 Å². The lowest BCUT2D eigenvalue weighted by Crippen LogP contribution is -2.03. The Labute approximate surface area is 95.7 Å². The Morgan fingerprint density at radius 2 is 1.94 bits per heavy atom. The molecule has 0 aliphatic carbocycles. The molecule has 0 amide bonds. The second kappa shape index (κ2) is 6.62. The number of hydrogen-bond donors (Lipinski definition) is 0. The van der Waals surface area contributed by atoms with Gasteiger partial charge in [-0.15, -0.1) is 0 Å². The molecule has 0 heterocycles. The van der Waals surface area contributed by atoms with Gasteiger partial charge in [0.25, 0.3) is 0 Å². The van der Waals surface area contributed by atoms with Crippen molar-refractivity contribution in [2.75, 3.05) is 0 Å². The fraction of sp³-hybridized carbons (Fsp3) is 0.385. The van der Waals surface area contributed by atoms with Gasteiger partial charge in [0.15, 0.2) is 0 Å². The molecule has 0 fully saturated rings. The van der Waals surface area contributed by atoms with Gasteiger partial charge in [-0.05, 0) is 17.5 Å². The number of benzene rings is 1. The molecular formula is C13H15NO2. The predicted molar refractivity (Wildman–Crippen MR) is 60.5 cm³/mol. The highest BCUT2D eigenvalue weighted by Gasteiger charge is 2.02. The summed E-state index contributed by atoms with van der Waals surface area (Å²) in [6, 6.07) is 9.87. The van der Waals surface area contributed by atoms with Crippen molar-refractivity contribution < 1.29 is 9.53 Å². The third-order valence-electron chi connectivity index (χ3n) is 2.27. The van der Waals surface area contributed by atoms with E-state index in [1.54, 1.807) is 0 Å². The SMILES string of the molecule is CCc1ccc(COC(=O)CCC#N)cc1. The van der Waals surface area contributed by atoms with Crippen molar-refractivity contribution in [3.05, 3.63) is 35.4 Å². The van der Waals surface area contributed by atoms with E-state index in [2.05, 4.69) is 6.92 Å². The van der Waals surface area contributed by atoms with Gasteiger partial charge in [-0.2, -0.15) is 5.26 Å². The summed E-state index contributed by atoms with van der Waals surface area (Å²) in [6.45, 7) is 2.38. The van der Waals surface area contributed by atoms with Crippen molar-refractivity contribution in [3.8, 4) is 6.07 Å². The minimum absolute atomic E-state index is 0.170. The maximum Gasteiger partial charge on any atom is 0.307 e. The van der Waals surface area contributed by atoms with Crippen molar-refractivity contribution >= 4 is 5.97 Å². The smallest absolute Gasteiger partial charge is 0.307 e. The van der Waals surface area contributed by atoms with E-state index in [4.69, 9.17) is 10.00 Å². The maximum atomic E-state index is 11.1. The summed E-state index contributed by atoms with van der Waals surface area (Å²) in [5.74, 6) is -0.318. The summed E-state index contributed by atoms with van der Waals surface area (Å²) >= 11 is 0. The molecule has 0 aliphatic heterocycles. The summed E-state index contributed by atoms with van der Waals surface area (Å²) in [4.78, 5) is 11.1. The molecule has 3 heteroatoms. The van der Waals surface area contributed by atoms with Crippen LogP contribution in [0.3, 0.4) is 0 Å². The molecule has 0 saturated heterocycles. The Hall–Kier alpha value is -1.82. The average molecular weight is 217 g/mol. The molecule has 1 aromatic rings. The second-order valence-corrected chi connectivity index (χ2v) is 3.49. The Kier molecular flexibility index (Phi) is 5.07. The summed E-state index contributed by atoms with van der Waals surface area (Å²) in [5.41, 5.74) is 2.24. The Morgan fingerprint density at radius 3 is 2.50 bits per heavy atom. The molecule has 0 spiro atoms. The van der Waals surface area contributed by atoms with Crippen LogP contribution in [0.1, 0.15) is 30.9 Å². The van der Waals surface area contributed by atoms with Gasteiger partial charge in [0.05, 0.1) is 12.5 Å². The van der Waals surface area contributed by atoms with Crippen molar-refractivity contribution in [3.63, 3.8) is 0 Å². The topological polar surface area (TPSA) is 50.1 Å². The number of hydrogen-bond acceptors (Lipinski definition) is 3. The molecule has 3 nitrogen and oxygen atoms in total. The quantitative estimate of drug-likeness (QED) is 0.712. The largest absolute Gasteiger partial charge is 0.461 e. The number of esters is 1. The van der Waals surface area contributed by atoms with Gasteiger partial charge in [-0.3, -0.25) is 4.79 Å². The predicted octanol–water partition coefficient (Wildman–Crippen LogP) is 2.60. The van der Waals surface area contributed by atoms with E-state index in [1.807, 2.05) is 30.3 Å². The molecule has 1 rings (SSSR count). The fourth-order valence-corrected chi connectivity index (χ4v) is 1.27. The first kappa shape index (κ1) is 12.3. The second-order valence-electron chi connectivity index (χ2n) is 3.49. The summed E-state index contributed by atoms with van der Waals surface area (Å²) in [7, 11) is 0. The number of nitrogens with zero attached hydrogens (tertiary/aromatic N) is 1. The van der Waals surface area contributed by atoms with Crippen molar-refractivity contribution in [1.82, 2.24) is 0 Å². The minimum atomic E-state index is -0.318. The van der Waals surface area contributed by atoms with Gasteiger partial charge >= 0.3 is 5.97 Å². The van der Waals surface area contributed by atoms with E-state index in [0.717, 1.165) is 12.0 Å². The zero-order valence-corrected chi connectivity index (χ0v) is 9.40. The minimum Gasteiger partial charge on any atom is -0.461 e. The highest BCUT2D eigenvalue weighted by atomic mass is 16.5. The Morgan fingerprint density at radius 1 is 1.31 bits per heavy atom. The van der Waals surface area contributed by atoms with E-state index < -0.39 is 0 Å². The number of aryl methyl sites for hydroxylation is 1. The first-order valence-electron chi connectivity index (χ1n) is 5.36. The van der Waals surface area contributed by atoms with Crippen LogP contribution in [0.15, 0.2) is 24.3 Å². The number of carbonyl (C=O) groups excluding carboxylic acids is 1. The van der Waals surface area contributed by atoms with Crippen LogP contribution in [-0.2, 0) is 22.6 Å². The zero-order valence-electron chi connectivity index (χ0n) is 9.40. The van der Waals surface area contributed by atoms with Crippen LogP contribution >= 0.6 is 0 Å². The van der Waals surface area contributed by atoms with Crippen molar-refractivity contribution in [2.45, 2.75) is 32.8 Å². The molecule has 0 N–H and O–H groups in total. The van der Waals surface area contributed by atoms with Gasteiger partial charge in [-0.25, -0.2) is 0 Å². The lowest BCUT2D eigenvalue weighted by atomic mass is 10.1. The van der Waals surface area contributed by atoms with Gasteiger partial charge in [0.2, 0.25) is 0 Å². The summed E-state index contributed by atoms with van der Waals surface area (Å²) < 4.78 is 5.01. The third kappa shape index (κ3) is 4.14. The molecule has 0 aromatic heterocycles. The molecule has 0 aliphatic rings. The van der Waals surface area contributed by atoms with Gasteiger partial charge in [-0.1, -0.05) is 31.2 Å². The number of nitriles is 1. The standard InChI is InChI=1S/C13H15NO2/c1-2-11-5-7-12(8-6-11)10-16-13(15)4-3-9-14/h5-8H,2-4,10H2,1H3. The molecule has 84 valence electrons. The molecule has 0 atom stereocenters. The Bertz CT molecular complexity index is 376. The van der Waals surface area contributed by atoms with E-state index in [9.17, 15) is 4.79 Å². The molecule has 0 saturated carbocycles. The number of ether oxygens (including phenoxy) is 1. The highest BCUT2D eigenvalue weighted by molar-refractivity contribution is 5.69. The van der Waals surface area contributed by atoms with Crippen LogP contribution in [-0.4, -0.2) is 5.97 Å². The average Bonchev–Trinajstić information content (AvgIpc) is 2.34. The lowest BCUT2D eigenvalue weighted by molar-refractivity contribution is -0.144. The van der Waals surface area contributed by atoms with Crippen LogP contribution < -0.4 is 0 Å². The van der Waals surface area contributed by atoms with Gasteiger partial charge in [0.1, 0.15) is 6.61 Å². The van der Waals surface area contributed by atoms with Crippen LogP contribution in [0, 0.1) is 11.3 Å². The van der Waals surface area contributed by atoms with Crippen LogP contribution in [0.5, 0.6) is 0 Å². The Balaban J connectivity index is 2.37. The maximum absolute atomic E-state index is 11.1. The monoisotopic (exact) mass is 217 g/mol. The molecule has 0 bridgehead atoms. The molecule has 0 radical (unpaired) electrons. The van der Waals surface area contributed by atoms with Crippen molar-refractivity contribution in [1.29, 1.82) is 5.26 Å². The normalized spacial score (nSPS) is 9.50. The van der Waals surface area contributed by atoms with E-state index >= 15 is 0 Å². The highest BCUT2D eigenvalue weighted by Crippen LogP contribution is 2.07. The van der Waals surface area contributed by atoms with Crippen LogP contribution in [0.2, 0.25) is 0 Å². The first-order valence-corrected chi connectivity index (χ1v) is 5.36. The van der Waals surface area contributed by atoms with Crippen molar-refractivity contribution in [2.24, 2.45) is 0 Å². The molecule has 1 aromatic carbocycles.